The van der Waals surface area contributed by atoms with Crippen LogP contribution in [-0.4, -0.2) is 35.4 Å². The number of amides is 2. The summed E-state index contributed by atoms with van der Waals surface area (Å²) in [5.41, 5.74) is 0.845. The predicted molar refractivity (Wildman–Crippen MR) is 79.5 cm³/mol. The molecule has 0 radical (unpaired) electrons. The highest BCUT2D eigenvalue weighted by molar-refractivity contribution is 5.96. The molecule has 2 aliphatic heterocycles. The number of furan rings is 1. The van der Waals surface area contributed by atoms with Gasteiger partial charge in [0.2, 0.25) is 12.3 Å². The van der Waals surface area contributed by atoms with Gasteiger partial charge in [0, 0.05) is 41.8 Å². The van der Waals surface area contributed by atoms with Crippen LogP contribution in [0.2, 0.25) is 0 Å². The molecule has 2 saturated heterocycles. The van der Waals surface area contributed by atoms with Crippen LogP contribution in [0.4, 0.5) is 5.88 Å². The fourth-order valence-corrected chi connectivity index (χ4v) is 3.41. The SMILES string of the molecule is O=CNc1cc2cnc(C(=O)N[C@@H]3C[C@H]4CC[C@@H]3N4)cc2o1. The van der Waals surface area contributed by atoms with Gasteiger partial charge < -0.3 is 15.1 Å². The average molecular weight is 300 g/mol. The number of hydrogen-bond acceptors (Lipinski definition) is 5. The maximum absolute atomic E-state index is 12.3. The van der Waals surface area contributed by atoms with Gasteiger partial charge in [-0.1, -0.05) is 0 Å². The Morgan fingerprint density at radius 3 is 3.05 bits per heavy atom. The number of rotatable bonds is 4. The average Bonchev–Trinajstić information content (AvgIpc) is 3.20. The Morgan fingerprint density at radius 1 is 1.41 bits per heavy atom. The van der Waals surface area contributed by atoms with Crippen molar-refractivity contribution in [2.45, 2.75) is 37.4 Å². The summed E-state index contributed by atoms with van der Waals surface area (Å²) in [6.45, 7) is 0. The van der Waals surface area contributed by atoms with Crippen LogP contribution < -0.4 is 16.0 Å². The zero-order valence-electron chi connectivity index (χ0n) is 11.8. The van der Waals surface area contributed by atoms with Gasteiger partial charge in [0.1, 0.15) is 11.3 Å². The third-order valence-electron chi connectivity index (χ3n) is 4.45. The van der Waals surface area contributed by atoms with Crippen LogP contribution in [0.5, 0.6) is 0 Å². The molecule has 0 saturated carbocycles. The molecule has 2 amide bonds. The van der Waals surface area contributed by atoms with Crippen LogP contribution in [0.25, 0.3) is 11.0 Å². The molecule has 22 heavy (non-hydrogen) atoms. The van der Waals surface area contributed by atoms with Gasteiger partial charge >= 0.3 is 0 Å². The van der Waals surface area contributed by atoms with Crippen molar-refractivity contribution in [1.82, 2.24) is 15.6 Å². The Bertz CT molecular complexity index is 741. The fourth-order valence-electron chi connectivity index (χ4n) is 3.41. The molecule has 2 bridgehead atoms. The van der Waals surface area contributed by atoms with E-state index >= 15 is 0 Å². The fraction of sp³-hybridized carbons (Fsp3) is 0.400. The van der Waals surface area contributed by atoms with E-state index in [0.29, 0.717) is 35.7 Å². The van der Waals surface area contributed by atoms with Gasteiger partial charge in [-0.25, -0.2) is 0 Å². The first-order chi connectivity index (χ1) is 10.7. The molecule has 2 fully saturated rings. The molecule has 0 aliphatic carbocycles. The van der Waals surface area contributed by atoms with Crippen LogP contribution in [0, 0.1) is 0 Å². The van der Waals surface area contributed by atoms with E-state index in [1.165, 1.54) is 6.42 Å². The first kappa shape index (κ1) is 13.3. The van der Waals surface area contributed by atoms with Gasteiger partial charge in [-0.15, -0.1) is 0 Å². The van der Waals surface area contributed by atoms with Crippen molar-refractivity contribution in [3.05, 3.63) is 24.0 Å². The smallest absolute Gasteiger partial charge is 0.270 e. The number of fused-ring (bicyclic) bond motifs is 3. The zero-order chi connectivity index (χ0) is 15.1. The minimum absolute atomic E-state index is 0.174. The number of carbonyl (C=O) groups excluding carboxylic acids is 2. The molecule has 0 unspecified atom stereocenters. The van der Waals surface area contributed by atoms with E-state index < -0.39 is 0 Å². The number of nitrogens with one attached hydrogen (secondary N) is 3. The topological polar surface area (TPSA) is 96.3 Å². The summed E-state index contributed by atoms with van der Waals surface area (Å²) in [6, 6.07) is 4.35. The maximum atomic E-state index is 12.3. The summed E-state index contributed by atoms with van der Waals surface area (Å²) in [4.78, 5) is 26.9. The van der Waals surface area contributed by atoms with Crippen molar-refractivity contribution < 1.29 is 14.0 Å². The molecule has 7 heteroatoms. The molecule has 7 nitrogen and oxygen atoms in total. The van der Waals surface area contributed by atoms with E-state index in [-0.39, 0.29) is 11.9 Å². The van der Waals surface area contributed by atoms with E-state index in [0.717, 1.165) is 18.2 Å². The molecule has 0 aromatic carbocycles. The molecule has 2 aromatic heterocycles. The summed E-state index contributed by atoms with van der Waals surface area (Å²) in [6.07, 6.45) is 5.40. The van der Waals surface area contributed by atoms with Crippen molar-refractivity contribution in [2.75, 3.05) is 5.32 Å². The van der Waals surface area contributed by atoms with Crippen molar-refractivity contribution >= 4 is 29.2 Å². The van der Waals surface area contributed by atoms with Crippen LogP contribution in [0.15, 0.2) is 22.7 Å². The number of hydrogen-bond donors (Lipinski definition) is 3. The van der Waals surface area contributed by atoms with Crippen molar-refractivity contribution in [2.24, 2.45) is 0 Å². The third kappa shape index (κ3) is 2.23. The predicted octanol–water partition coefficient (Wildman–Crippen LogP) is 1.02. The van der Waals surface area contributed by atoms with Crippen molar-refractivity contribution in [1.29, 1.82) is 0 Å². The highest BCUT2D eigenvalue weighted by atomic mass is 16.4. The zero-order valence-corrected chi connectivity index (χ0v) is 11.8. The summed E-state index contributed by atoms with van der Waals surface area (Å²) in [5, 5.41) is 9.71. The molecule has 114 valence electrons. The number of anilines is 1. The highest BCUT2D eigenvalue weighted by Crippen LogP contribution is 2.28. The molecule has 2 aliphatic rings. The van der Waals surface area contributed by atoms with E-state index in [2.05, 4.69) is 20.9 Å². The summed E-state index contributed by atoms with van der Waals surface area (Å²) >= 11 is 0. The van der Waals surface area contributed by atoms with Crippen LogP contribution in [-0.2, 0) is 4.79 Å². The molecule has 3 atom stereocenters. The number of pyridine rings is 1. The Balaban J connectivity index is 1.52. The van der Waals surface area contributed by atoms with Crippen LogP contribution >= 0.6 is 0 Å². The Hall–Kier alpha value is -2.41. The maximum Gasteiger partial charge on any atom is 0.270 e. The normalized spacial score (nSPS) is 26.3. The Kier molecular flexibility index (Phi) is 3.07. The van der Waals surface area contributed by atoms with Gasteiger partial charge in [-0.05, 0) is 19.3 Å². The van der Waals surface area contributed by atoms with Crippen LogP contribution in [0.1, 0.15) is 29.8 Å². The van der Waals surface area contributed by atoms with Gasteiger partial charge in [0.15, 0.2) is 0 Å². The van der Waals surface area contributed by atoms with E-state index in [1.807, 2.05) is 0 Å². The number of nitrogens with zero attached hydrogens (tertiary/aromatic N) is 1. The van der Waals surface area contributed by atoms with E-state index in [4.69, 9.17) is 4.42 Å². The minimum atomic E-state index is -0.192. The minimum Gasteiger partial charge on any atom is -0.440 e. The molecule has 0 spiro atoms. The molecular weight excluding hydrogens is 284 g/mol. The quantitative estimate of drug-likeness (QED) is 0.733. The van der Waals surface area contributed by atoms with Gasteiger partial charge in [0.25, 0.3) is 5.91 Å². The summed E-state index contributed by atoms with van der Waals surface area (Å²) in [5.74, 6) is 0.143. The van der Waals surface area contributed by atoms with Gasteiger partial charge in [-0.2, -0.15) is 0 Å². The highest BCUT2D eigenvalue weighted by Gasteiger charge is 2.39. The molecule has 4 rings (SSSR count). The second-order valence-corrected chi connectivity index (χ2v) is 5.84. The lowest BCUT2D eigenvalue weighted by Gasteiger charge is -2.21. The monoisotopic (exact) mass is 300 g/mol. The summed E-state index contributed by atoms with van der Waals surface area (Å²) in [7, 11) is 0. The van der Waals surface area contributed by atoms with Crippen LogP contribution in [0.3, 0.4) is 0 Å². The summed E-state index contributed by atoms with van der Waals surface area (Å²) < 4.78 is 5.44. The molecule has 4 heterocycles. The molecule has 3 N–H and O–H groups in total. The molecule has 2 aromatic rings. The standard InChI is InChI=1S/C15H16N4O3/c20-7-17-14-3-8-6-16-12(5-13(8)22-14)15(21)19-11-4-9-1-2-10(11)18-9/h3,5-7,9-11,18H,1-2,4H2,(H,17,20)(H,19,21)/t9-,10+,11-/m1/s1. The van der Waals surface area contributed by atoms with E-state index in [9.17, 15) is 9.59 Å². The van der Waals surface area contributed by atoms with Crippen molar-refractivity contribution in [3.8, 4) is 0 Å². The van der Waals surface area contributed by atoms with E-state index in [1.54, 1.807) is 18.3 Å². The lowest BCUT2D eigenvalue weighted by Crippen LogP contribution is -2.43. The number of carbonyl (C=O) groups is 2. The number of aromatic nitrogens is 1. The Labute approximate surface area is 126 Å². The largest absolute Gasteiger partial charge is 0.440 e. The lowest BCUT2D eigenvalue weighted by atomic mass is 9.95. The second-order valence-electron chi connectivity index (χ2n) is 5.84. The third-order valence-corrected chi connectivity index (χ3v) is 4.45. The lowest BCUT2D eigenvalue weighted by molar-refractivity contribution is -0.105. The van der Waals surface area contributed by atoms with Gasteiger partial charge in [-0.3, -0.25) is 19.9 Å². The molecular formula is C15H16N4O3. The van der Waals surface area contributed by atoms with Crippen molar-refractivity contribution in [3.63, 3.8) is 0 Å². The first-order valence-corrected chi connectivity index (χ1v) is 7.39. The Morgan fingerprint density at radius 2 is 2.32 bits per heavy atom. The first-order valence-electron chi connectivity index (χ1n) is 7.39. The van der Waals surface area contributed by atoms with Gasteiger partial charge in [0.05, 0.1) is 0 Å². The second kappa shape index (κ2) is 5.10.